The monoisotopic (exact) mass is 319 g/mol. The lowest BCUT2D eigenvalue weighted by atomic mass is 10.2. The largest absolute Gasteiger partial charge is 0.346 e. The lowest BCUT2D eigenvalue weighted by molar-refractivity contribution is -0.139. The van der Waals surface area contributed by atoms with Crippen LogP contribution in [0, 0.1) is 6.92 Å². The molecule has 0 radical (unpaired) electrons. The standard InChI is InChI=1S/C15H21N5O3/c1-9(2)17-14(22)15(23)20-19-11(4)8-13(21)18-12-7-10(3)5-6-16-12/h5-7,9H,8H2,1-4H3,(H,17,22)(H,20,23)(H,16,18,21)/b19-11+. The van der Waals surface area contributed by atoms with Crippen molar-refractivity contribution in [2.75, 3.05) is 5.32 Å². The zero-order chi connectivity index (χ0) is 17.4. The highest BCUT2D eigenvalue weighted by molar-refractivity contribution is 6.35. The maximum Gasteiger partial charge on any atom is 0.329 e. The minimum atomic E-state index is -0.876. The number of carbonyl (C=O) groups excluding carboxylic acids is 3. The molecule has 0 unspecified atom stereocenters. The molecule has 8 heteroatoms. The molecule has 0 aliphatic heterocycles. The predicted molar refractivity (Wildman–Crippen MR) is 86.8 cm³/mol. The summed E-state index contributed by atoms with van der Waals surface area (Å²) in [6, 6.07) is 3.41. The SMILES string of the molecule is C/C(CC(=O)Nc1cc(C)ccn1)=N\NC(=O)C(=O)NC(C)C. The fraction of sp³-hybridized carbons (Fsp3) is 0.400. The van der Waals surface area contributed by atoms with Gasteiger partial charge in [0.05, 0.1) is 6.42 Å². The third-order valence-electron chi connectivity index (χ3n) is 2.57. The van der Waals surface area contributed by atoms with Gasteiger partial charge in [-0.15, -0.1) is 0 Å². The number of nitrogens with one attached hydrogen (secondary N) is 3. The van der Waals surface area contributed by atoms with E-state index in [9.17, 15) is 14.4 Å². The average molecular weight is 319 g/mol. The van der Waals surface area contributed by atoms with Gasteiger partial charge in [-0.1, -0.05) is 0 Å². The molecule has 0 aromatic carbocycles. The first-order chi connectivity index (χ1) is 10.8. The zero-order valence-electron chi connectivity index (χ0n) is 13.6. The molecule has 0 fully saturated rings. The number of carbonyl (C=O) groups is 3. The van der Waals surface area contributed by atoms with Crippen molar-refractivity contribution in [3.05, 3.63) is 23.9 Å². The molecule has 0 spiro atoms. The van der Waals surface area contributed by atoms with Gasteiger partial charge in [-0.3, -0.25) is 14.4 Å². The van der Waals surface area contributed by atoms with Crippen LogP contribution in [-0.2, 0) is 14.4 Å². The number of aryl methyl sites for hydroxylation is 1. The Morgan fingerprint density at radius 2 is 1.96 bits per heavy atom. The summed E-state index contributed by atoms with van der Waals surface area (Å²) in [5.41, 5.74) is 3.45. The number of hydrogen-bond donors (Lipinski definition) is 3. The molecule has 0 aliphatic carbocycles. The number of anilines is 1. The maximum atomic E-state index is 11.8. The third-order valence-corrected chi connectivity index (χ3v) is 2.57. The van der Waals surface area contributed by atoms with Crippen LogP contribution in [0.3, 0.4) is 0 Å². The van der Waals surface area contributed by atoms with Crippen LogP contribution >= 0.6 is 0 Å². The van der Waals surface area contributed by atoms with Crippen molar-refractivity contribution >= 4 is 29.3 Å². The van der Waals surface area contributed by atoms with E-state index in [4.69, 9.17) is 0 Å². The molecular weight excluding hydrogens is 298 g/mol. The first kappa shape index (κ1) is 18.3. The van der Waals surface area contributed by atoms with Crippen molar-refractivity contribution < 1.29 is 14.4 Å². The Bertz CT molecular complexity index is 625. The molecular formula is C15H21N5O3. The van der Waals surface area contributed by atoms with E-state index in [1.54, 1.807) is 33.0 Å². The van der Waals surface area contributed by atoms with Gasteiger partial charge in [0, 0.05) is 18.0 Å². The summed E-state index contributed by atoms with van der Waals surface area (Å²) >= 11 is 0. The number of pyridine rings is 1. The van der Waals surface area contributed by atoms with E-state index in [1.807, 2.05) is 13.0 Å². The number of hydrazone groups is 1. The van der Waals surface area contributed by atoms with Gasteiger partial charge in [-0.25, -0.2) is 10.4 Å². The van der Waals surface area contributed by atoms with Crippen LogP contribution in [0.25, 0.3) is 0 Å². The second-order valence-electron chi connectivity index (χ2n) is 5.36. The summed E-state index contributed by atoms with van der Waals surface area (Å²) < 4.78 is 0. The molecule has 1 rings (SSSR count). The van der Waals surface area contributed by atoms with Crippen molar-refractivity contribution in [2.45, 2.75) is 40.2 Å². The highest BCUT2D eigenvalue weighted by Crippen LogP contribution is 2.05. The van der Waals surface area contributed by atoms with Gasteiger partial charge < -0.3 is 10.6 Å². The molecule has 3 amide bonds. The van der Waals surface area contributed by atoms with E-state index < -0.39 is 11.8 Å². The fourth-order valence-electron chi connectivity index (χ4n) is 1.59. The molecule has 0 atom stereocenters. The van der Waals surface area contributed by atoms with Crippen LogP contribution in [0.5, 0.6) is 0 Å². The predicted octanol–water partition coefficient (Wildman–Crippen LogP) is 0.735. The Kier molecular flexibility index (Phi) is 6.85. The Hall–Kier alpha value is -2.77. The van der Waals surface area contributed by atoms with E-state index in [0.29, 0.717) is 11.5 Å². The van der Waals surface area contributed by atoms with Crippen molar-refractivity contribution in [3.63, 3.8) is 0 Å². The average Bonchev–Trinajstić information content (AvgIpc) is 2.43. The summed E-state index contributed by atoms with van der Waals surface area (Å²) in [5, 5.41) is 8.79. The minimum Gasteiger partial charge on any atom is -0.346 e. The molecule has 8 nitrogen and oxygen atoms in total. The smallest absolute Gasteiger partial charge is 0.329 e. The summed E-state index contributed by atoms with van der Waals surface area (Å²) in [6.07, 6.45) is 1.57. The van der Waals surface area contributed by atoms with Crippen molar-refractivity contribution in [3.8, 4) is 0 Å². The quantitative estimate of drug-likeness (QED) is 0.422. The Morgan fingerprint density at radius 1 is 1.26 bits per heavy atom. The lowest BCUT2D eigenvalue weighted by Crippen LogP contribution is -2.41. The van der Waals surface area contributed by atoms with Gasteiger partial charge in [0.2, 0.25) is 5.91 Å². The molecule has 0 saturated heterocycles. The Labute approximate surface area is 134 Å². The normalized spacial score (nSPS) is 11.1. The molecule has 1 aromatic heterocycles. The van der Waals surface area contributed by atoms with E-state index in [1.165, 1.54) is 0 Å². The first-order valence-electron chi connectivity index (χ1n) is 7.14. The Balaban J connectivity index is 2.48. The topological polar surface area (TPSA) is 113 Å². The summed E-state index contributed by atoms with van der Waals surface area (Å²) in [7, 11) is 0. The summed E-state index contributed by atoms with van der Waals surface area (Å²) in [6.45, 7) is 6.94. The molecule has 124 valence electrons. The van der Waals surface area contributed by atoms with Crippen molar-refractivity contribution in [1.29, 1.82) is 0 Å². The lowest BCUT2D eigenvalue weighted by Gasteiger charge is -2.07. The van der Waals surface area contributed by atoms with Gasteiger partial charge in [0.25, 0.3) is 0 Å². The fourth-order valence-corrected chi connectivity index (χ4v) is 1.59. The van der Waals surface area contributed by atoms with Crippen LogP contribution in [0.1, 0.15) is 32.8 Å². The second-order valence-corrected chi connectivity index (χ2v) is 5.36. The molecule has 1 heterocycles. The molecule has 1 aromatic rings. The third kappa shape index (κ3) is 7.16. The zero-order valence-corrected chi connectivity index (χ0v) is 13.6. The van der Waals surface area contributed by atoms with Crippen LogP contribution in [0.2, 0.25) is 0 Å². The van der Waals surface area contributed by atoms with Gasteiger partial charge >= 0.3 is 11.8 Å². The number of amides is 3. The number of hydrogen-bond acceptors (Lipinski definition) is 5. The molecule has 0 bridgehead atoms. The van der Waals surface area contributed by atoms with Crippen LogP contribution in [0.4, 0.5) is 5.82 Å². The second kappa shape index (κ2) is 8.62. The van der Waals surface area contributed by atoms with Crippen LogP contribution < -0.4 is 16.1 Å². The van der Waals surface area contributed by atoms with Crippen LogP contribution in [0.15, 0.2) is 23.4 Å². The highest BCUT2D eigenvalue weighted by atomic mass is 16.2. The van der Waals surface area contributed by atoms with Crippen molar-refractivity contribution in [1.82, 2.24) is 15.7 Å². The van der Waals surface area contributed by atoms with Gasteiger partial charge in [-0.2, -0.15) is 5.10 Å². The van der Waals surface area contributed by atoms with Crippen molar-refractivity contribution in [2.24, 2.45) is 5.10 Å². The first-order valence-corrected chi connectivity index (χ1v) is 7.14. The number of aromatic nitrogens is 1. The highest BCUT2D eigenvalue weighted by Gasteiger charge is 2.13. The Morgan fingerprint density at radius 3 is 2.57 bits per heavy atom. The molecule has 23 heavy (non-hydrogen) atoms. The van der Waals surface area contributed by atoms with Gasteiger partial charge in [0.15, 0.2) is 0 Å². The molecule has 3 N–H and O–H groups in total. The molecule has 0 aliphatic rings. The van der Waals surface area contributed by atoms with Crippen LogP contribution in [-0.4, -0.2) is 34.5 Å². The summed E-state index contributed by atoms with van der Waals surface area (Å²) in [5.74, 6) is -1.52. The molecule has 0 saturated carbocycles. The summed E-state index contributed by atoms with van der Waals surface area (Å²) in [4.78, 5) is 38.7. The van der Waals surface area contributed by atoms with E-state index >= 15 is 0 Å². The van der Waals surface area contributed by atoms with E-state index in [2.05, 4.69) is 26.1 Å². The maximum absolute atomic E-state index is 11.8. The number of nitrogens with zero attached hydrogens (tertiary/aromatic N) is 2. The van der Waals surface area contributed by atoms with Gasteiger partial charge in [0.1, 0.15) is 5.82 Å². The van der Waals surface area contributed by atoms with E-state index in [-0.39, 0.29) is 18.4 Å². The number of rotatable bonds is 5. The van der Waals surface area contributed by atoms with Gasteiger partial charge in [-0.05, 0) is 45.4 Å². The van der Waals surface area contributed by atoms with E-state index in [0.717, 1.165) is 5.56 Å². The minimum absolute atomic E-state index is 0.0261.